The van der Waals surface area contributed by atoms with Crippen LogP contribution in [-0.4, -0.2) is 27.3 Å². The van der Waals surface area contributed by atoms with Gasteiger partial charge in [0, 0.05) is 29.5 Å². The van der Waals surface area contributed by atoms with Crippen molar-refractivity contribution in [1.82, 2.24) is 20.7 Å². The monoisotopic (exact) mass is 352 g/mol. The summed E-state index contributed by atoms with van der Waals surface area (Å²) in [7, 11) is 0. The van der Waals surface area contributed by atoms with Gasteiger partial charge >= 0.3 is 0 Å². The maximum atomic E-state index is 12.3. The second kappa shape index (κ2) is 6.74. The molecule has 4 rings (SSSR count). The summed E-state index contributed by atoms with van der Waals surface area (Å²) in [6.45, 7) is 4.03. The van der Waals surface area contributed by atoms with E-state index < -0.39 is 0 Å². The first kappa shape index (κ1) is 16.5. The van der Waals surface area contributed by atoms with Gasteiger partial charge in [-0.1, -0.05) is 49.3 Å². The number of hydrogen-bond acceptors (Lipinski definition) is 6. The predicted molar refractivity (Wildman–Crippen MR) is 93.6 cm³/mol. The lowest BCUT2D eigenvalue weighted by molar-refractivity contribution is 0.0894. The molecule has 0 unspecified atom stereocenters. The van der Waals surface area contributed by atoms with Gasteiger partial charge in [-0.05, 0) is 12.8 Å². The average molecular weight is 352 g/mol. The van der Waals surface area contributed by atoms with Gasteiger partial charge < -0.3 is 14.3 Å². The normalized spacial score (nSPS) is 19.3. The summed E-state index contributed by atoms with van der Waals surface area (Å²) in [6, 6.07) is 11.3. The quantitative estimate of drug-likeness (QED) is 0.755. The first-order valence-corrected chi connectivity index (χ1v) is 8.76. The molecule has 0 spiro atoms. The zero-order valence-corrected chi connectivity index (χ0v) is 14.7. The van der Waals surface area contributed by atoms with Crippen LogP contribution in [0.2, 0.25) is 0 Å². The molecule has 1 aromatic carbocycles. The Morgan fingerprint density at radius 3 is 2.65 bits per heavy atom. The summed E-state index contributed by atoms with van der Waals surface area (Å²) in [4.78, 5) is 12.3. The lowest BCUT2D eigenvalue weighted by Gasteiger charge is -2.33. The zero-order valence-electron chi connectivity index (χ0n) is 14.7. The number of carbonyl (C=O) groups is 1. The van der Waals surface area contributed by atoms with Crippen LogP contribution in [0.15, 0.2) is 45.3 Å². The highest BCUT2D eigenvalue weighted by Gasteiger charge is 2.35. The Labute approximate surface area is 150 Å². The minimum absolute atomic E-state index is 0.0822. The van der Waals surface area contributed by atoms with E-state index in [0.29, 0.717) is 17.5 Å². The third kappa shape index (κ3) is 3.24. The zero-order chi connectivity index (χ0) is 18.1. The van der Waals surface area contributed by atoms with E-state index in [1.807, 2.05) is 44.2 Å². The Bertz CT molecular complexity index is 894. The summed E-state index contributed by atoms with van der Waals surface area (Å²) in [5.41, 5.74) is 1.17. The highest BCUT2D eigenvalue weighted by Crippen LogP contribution is 2.36. The Morgan fingerprint density at radius 2 is 1.96 bits per heavy atom. The number of hydrogen-bond donors (Lipinski definition) is 1. The first-order chi connectivity index (χ1) is 12.6. The Hall–Kier alpha value is -2.96. The number of nitrogens with one attached hydrogen (secondary N) is 1. The molecule has 1 N–H and O–H groups in total. The Kier molecular flexibility index (Phi) is 4.28. The van der Waals surface area contributed by atoms with Crippen LogP contribution in [0.4, 0.5) is 0 Å². The van der Waals surface area contributed by atoms with Crippen molar-refractivity contribution >= 4 is 5.91 Å². The number of rotatable bonds is 5. The van der Waals surface area contributed by atoms with Crippen molar-refractivity contribution in [2.24, 2.45) is 0 Å². The number of carbonyl (C=O) groups excluding carboxylic acids is 1. The van der Waals surface area contributed by atoms with Gasteiger partial charge in [-0.15, -0.1) is 10.2 Å². The van der Waals surface area contributed by atoms with Crippen LogP contribution in [0.25, 0.3) is 11.3 Å². The van der Waals surface area contributed by atoms with Gasteiger partial charge in [0.1, 0.15) is 0 Å². The molecular weight excluding hydrogens is 332 g/mol. The van der Waals surface area contributed by atoms with Crippen LogP contribution in [-0.2, 0) is 0 Å². The SMILES string of the molecule is CC(C)c1nnc(C2CC(NC(=O)c3cc(-c4ccccc4)on3)C2)o1. The van der Waals surface area contributed by atoms with E-state index in [-0.39, 0.29) is 29.5 Å². The Balaban J connectivity index is 1.33. The lowest BCUT2D eigenvalue weighted by atomic mass is 9.80. The summed E-state index contributed by atoms with van der Waals surface area (Å²) < 4.78 is 11.0. The third-order valence-corrected chi connectivity index (χ3v) is 4.57. The van der Waals surface area contributed by atoms with E-state index >= 15 is 0 Å². The minimum atomic E-state index is -0.229. The molecule has 26 heavy (non-hydrogen) atoms. The maximum absolute atomic E-state index is 12.3. The minimum Gasteiger partial charge on any atom is -0.425 e. The topological polar surface area (TPSA) is 94.1 Å². The Morgan fingerprint density at radius 1 is 1.19 bits per heavy atom. The van der Waals surface area contributed by atoms with Crippen LogP contribution >= 0.6 is 0 Å². The smallest absolute Gasteiger partial charge is 0.273 e. The third-order valence-electron chi connectivity index (χ3n) is 4.57. The van der Waals surface area contributed by atoms with Crippen LogP contribution < -0.4 is 5.32 Å². The van der Waals surface area contributed by atoms with Gasteiger partial charge in [0.25, 0.3) is 5.91 Å². The molecule has 2 heterocycles. The fourth-order valence-corrected chi connectivity index (χ4v) is 2.96. The molecule has 0 aliphatic heterocycles. The van der Waals surface area contributed by atoms with Gasteiger partial charge in [-0.3, -0.25) is 4.79 Å². The van der Waals surface area contributed by atoms with Crippen LogP contribution in [0, 0.1) is 0 Å². The summed E-state index contributed by atoms with van der Waals surface area (Å²) in [5, 5.41) is 15.0. The second-order valence-corrected chi connectivity index (χ2v) is 6.91. The summed E-state index contributed by atoms with van der Waals surface area (Å²) in [6.07, 6.45) is 1.57. The van der Waals surface area contributed by atoms with Crippen molar-refractivity contribution in [1.29, 1.82) is 0 Å². The van der Waals surface area contributed by atoms with Gasteiger partial charge in [-0.2, -0.15) is 0 Å². The van der Waals surface area contributed by atoms with Gasteiger partial charge in [0.15, 0.2) is 11.5 Å². The first-order valence-electron chi connectivity index (χ1n) is 8.76. The summed E-state index contributed by atoms with van der Waals surface area (Å²) in [5.74, 6) is 2.09. The highest BCUT2D eigenvalue weighted by atomic mass is 16.5. The van der Waals surface area contributed by atoms with Crippen molar-refractivity contribution in [3.63, 3.8) is 0 Å². The molecule has 1 amide bonds. The van der Waals surface area contributed by atoms with Gasteiger partial charge in [-0.25, -0.2) is 0 Å². The molecule has 0 bridgehead atoms. The maximum Gasteiger partial charge on any atom is 0.273 e. The van der Waals surface area contributed by atoms with E-state index in [9.17, 15) is 4.79 Å². The van der Waals surface area contributed by atoms with E-state index in [1.165, 1.54) is 0 Å². The van der Waals surface area contributed by atoms with E-state index in [1.54, 1.807) is 6.07 Å². The molecular formula is C19H20N4O3. The standard InChI is InChI=1S/C19H20N4O3/c1-11(2)18-21-22-19(25-18)13-8-14(9-13)20-17(24)15-10-16(26-23-15)12-6-4-3-5-7-12/h3-7,10-11,13-14H,8-9H2,1-2H3,(H,20,24). The summed E-state index contributed by atoms with van der Waals surface area (Å²) >= 11 is 0. The van der Waals surface area contributed by atoms with Gasteiger partial charge in [0.05, 0.1) is 0 Å². The van der Waals surface area contributed by atoms with E-state index in [4.69, 9.17) is 8.94 Å². The van der Waals surface area contributed by atoms with Crippen LogP contribution in [0.1, 0.15) is 60.8 Å². The largest absolute Gasteiger partial charge is 0.425 e. The fraction of sp³-hybridized carbons (Fsp3) is 0.368. The average Bonchev–Trinajstić information content (AvgIpc) is 3.28. The molecule has 0 saturated heterocycles. The van der Waals surface area contributed by atoms with Crippen molar-refractivity contribution in [2.45, 2.75) is 44.6 Å². The van der Waals surface area contributed by atoms with E-state index in [0.717, 1.165) is 18.4 Å². The molecule has 7 nitrogen and oxygen atoms in total. The van der Waals surface area contributed by atoms with Crippen LogP contribution in [0.3, 0.4) is 0 Å². The molecule has 1 fully saturated rings. The number of benzene rings is 1. The van der Waals surface area contributed by atoms with Crippen molar-refractivity contribution in [3.05, 3.63) is 53.9 Å². The molecule has 1 saturated carbocycles. The fourth-order valence-electron chi connectivity index (χ4n) is 2.96. The number of aromatic nitrogens is 3. The molecule has 1 aliphatic rings. The molecule has 3 aromatic rings. The molecule has 2 aromatic heterocycles. The van der Waals surface area contributed by atoms with Crippen molar-refractivity contribution in [2.75, 3.05) is 0 Å². The van der Waals surface area contributed by atoms with Crippen molar-refractivity contribution < 1.29 is 13.7 Å². The second-order valence-electron chi connectivity index (χ2n) is 6.91. The molecule has 7 heteroatoms. The lowest BCUT2D eigenvalue weighted by Crippen LogP contribution is -2.43. The molecule has 0 atom stereocenters. The highest BCUT2D eigenvalue weighted by molar-refractivity contribution is 5.93. The molecule has 134 valence electrons. The number of amides is 1. The molecule has 0 radical (unpaired) electrons. The van der Waals surface area contributed by atoms with E-state index in [2.05, 4.69) is 20.7 Å². The number of nitrogens with zero attached hydrogens (tertiary/aromatic N) is 3. The molecule has 1 aliphatic carbocycles. The van der Waals surface area contributed by atoms with Crippen LogP contribution in [0.5, 0.6) is 0 Å². The van der Waals surface area contributed by atoms with Gasteiger partial charge in [0.2, 0.25) is 11.8 Å². The predicted octanol–water partition coefficient (Wildman–Crippen LogP) is 3.52. The van der Waals surface area contributed by atoms with Crippen molar-refractivity contribution in [3.8, 4) is 11.3 Å².